The van der Waals surface area contributed by atoms with Crippen LogP contribution in [0.15, 0.2) is 78.9 Å². The number of cyclic esters (lactones) is 1. The lowest BCUT2D eigenvalue weighted by atomic mass is 10.1. The van der Waals surface area contributed by atoms with Crippen molar-refractivity contribution in [1.82, 2.24) is 0 Å². The Balaban J connectivity index is 1.46. The maximum Gasteiger partial charge on any atom is 0.330 e. The monoisotopic (exact) mass is 362 g/mol. The molecule has 2 aromatic carbocycles. The Kier molecular flexibility index (Phi) is 6.58. The smallest absolute Gasteiger partial charge is 0.330 e. The maximum absolute atomic E-state index is 12.1. The van der Waals surface area contributed by atoms with Gasteiger partial charge in [0.2, 0.25) is 0 Å². The molecule has 0 unspecified atom stereocenters. The number of carbonyl (C=O) groups is 2. The van der Waals surface area contributed by atoms with Gasteiger partial charge < -0.3 is 9.47 Å². The number of carbonyl (C=O) groups excluding carboxylic acids is 2. The number of aryl methyl sites for hydroxylation is 1. The molecule has 3 rings (SSSR count). The normalized spacial score (nSPS) is 16.3. The molecule has 0 spiro atoms. The van der Waals surface area contributed by atoms with Crippen LogP contribution in [0.4, 0.5) is 0 Å². The van der Waals surface area contributed by atoms with Gasteiger partial charge in [0, 0.05) is 25.3 Å². The molecule has 0 fully saturated rings. The van der Waals surface area contributed by atoms with E-state index < -0.39 is 0 Å². The zero-order valence-electron chi connectivity index (χ0n) is 15.0. The fourth-order valence-corrected chi connectivity index (χ4v) is 2.80. The Hall–Kier alpha value is -3.14. The average molecular weight is 362 g/mol. The first kappa shape index (κ1) is 18.6. The SMILES string of the molecule is O=C(/C=C/C[C@@H]1CC=CC(=O)O1)CCc1cccc(Oc2ccccc2)c1. The lowest BCUT2D eigenvalue weighted by molar-refractivity contribution is -0.143. The van der Waals surface area contributed by atoms with E-state index in [2.05, 4.69) is 0 Å². The van der Waals surface area contributed by atoms with E-state index in [0.717, 1.165) is 17.1 Å². The van der Waals surface area contributed by atoms with Crippen LogP contribution in [-0.2, 0) is 20.7 Å². The average Bonchev–Trinajstić information content (AvgIpc) is 2.68. The van der Waals surface area contributed by atoms with Gasteiger partial charge in [0.25, 0.3) is 0 Å². The van der Waals surface area contributed by atoms with Crippen LogP contribution in [-0.4, -0.2) is 17.9 Å². The summed E-state index contributed by atoms with van der Waals surface area (Å²) in [5.74, 6) is 1.28. The summed E-state index contributed by atoms with van der Waals surface area (Å²) in [5.41, 5.74) is 1.05. The standard InChI is InChI=1S/C23H22O4/c24-19(8-5-11-21-12-6-14-23(25)27-21)16-15-18-7-4-13-22(17-18)26-20-9-2-1-3-10-20/h1-10,13-14,17,21H,11-12,15-16H2/b8-5+/t21-/m1/s1. The van der Waals surface area contributed by atoms with Crippen molar-refractivity contribution >= 4 is 11.8 Å². The van der Waals surface area contributed by atoms with Gasteiger partial charge in [-0.3, -0.25) is 4.79 Å². The molecule has 0 N–H and O–H groups in total. The molecule has 0 saturated heterocycles. The molecule has 2 aromatic rings. The van der Waals surface area contributed by atoms with Gasteiger partial charge in [-0.05, 0) is 42.3 Å². The van der Waals surface area contributed by atoms with Crippen molar-refractivity contribution in [2.45, 2.75) is 31.8 Å². The van der Waals surface area contributed by atoms with Crippen LogP contribution in [0, 0.1) is 0 Å². The van der Waals surface area contributed by atoms with Crippen LogP contribution in [0.1, 0.15) is 24.8 Å². The molecule has 1 atom stereocenters. The van der Waals surface area contributed by atoms with Crippen LogP contribution < -0.4 is 4.74 Å². The fourth-order valence-electron chi connectivity index (χ4n) is 2.80. The molecular weight excluding hydrogens is 340 g/mol. The van der Waals surface area contributed by atoms with Crippen molar-refractivity contribution in [2.24, 2.45) is 0 Å². The summed E-state index contributed by atoms with van der Waals surface area (Å²) in [6, 6.07) is 17.4. The summed E-state index contributed by atoms with van der Waals surface area (Å²) in [6.07, 6.45) is 8.76. The number of benzene rings is 2. The highest BCUT2D eigenvalue weighted by atomic mass is 16.5. The van der Waals surface area contributed by atoms with Gasteiger partial charge in [-0.2, -0.15) is 0 Å². The van der Waals surface area contributed by atoms with Gasteiger partial charge >= 0.3 is 5.97 Å². The highest BCUT2D eigenvalue weighted by Gasteiger charge is 2.14. The number of para-hydroxylation sites is 1. The van der Waals surface area contributed by atoms with Crippen molar-refractivity contribution in [1.29, 1.82) is 0 Å². The Morgan fingerprint density at radius 3 is 2.74 bits per heavy atom. The molecule has 4 nitrogen and oxygen atoms in total. The third-order valence-corrected chi connectivity index (χ3v) is 4.18. The lowest BCUT2D eigenvalue weighted by Crippen LogP contribution is -2.19. The van der Waals surface area contributed by atoms with E-state index in [1.54, 1.807) is 18.2 Å². The van der Waals surface area contributed by atoms with E-state index in [0.29, 0.717) is 25.7 Å². The summed E-state index contributed by atoms with van der Waals surface area (Å²) in [5, 5.41) is 0. The zero-order chi connectivity index (χ0) is 18.9. The van der Waals surface area contributed by atoms with Crippen LogP contribution in [0.25, 0.3) is 0 Å². The molecule has 1 aliphatic rings. The summed E-state index contributed by atoms with van der Waals surface area (Å²) >= 11 is 0. The predicted molar refractivity (Wildman–Crippen MR) is 104 cm³/mol. The second kappa shape index (κ2) is 9.53. The van der Waals surface area contributed by atoms with Crippen LogP contribution in [0.5, 0.6) is 11.5 Å². The van der Waals surface area contributed by atoms with E-state index in [1.165, 1.54) is 6.08 Å². The second-order valence-corrected chi connectivity index (χ2v) is 6.36. The number of hydrogen-bond acceptors (Lipinski definition) is 4. The summed E-state index contributed by atoms with van der Waals surface area (Å²) in [6.45, 7) is 0. The van der Waals surface area contributed by atoms with E-state index in [-0.39, 0.29) is 17.9 Å². The van der Waals surface area contributed by atoms with Crippen molar-refractivity contribution in [3.05, 3.63) is 84.5 Å². The molecule has 0 saturated carbocycles. The Morgan fingerprint density at radius 2 is 1.93 bits per heavy atom. The first-order valence-corrected chi connectivity index (χ1v) is 9.07. The van der Waals surface area contributed by atoms with Crippen molar-refractivity contribution in [2.75, 3.05) is 0 Å². The van der Waals surface area contributed by atoms with E-state index in [1.807, 2.05) is 54.6 Å². The maximum atomic E-state index is 12.1. The van der Waals surface area contributed by atoms with E-state index >= 15 is 0 Å². The molecule has 1 heterocycles. The molecule has 1 aliphatic heterocycles. The number of rotatable bonds is 8. The lowest BCUT2D eigenvalue weighted by Gasteiger charge is -2.16. The summed E-state index contributed by atoms with van der Waals surface area (Å²) < 4.78 is 11.0. The molecule has 0 aliphatic carbocycles. The molecule has 4 heteroatoms. The van der Waals surface area contributed by atoms with Gasteiger partial charge in [-0.15, -0.1) is 0 Å². The first-order chi connectivity index (χ1) is 13.2. The van der Waals surface area contributed by atoms with Crippen LogP contribution in [0.3, 0.4) is 0 Å². The molecule has 0 aromatic heterocycles. The van der Waals surface area contributed by atoms with Gasteiger partial charge in [0.15, 0.2) is 5.78 Å². The molecule has 0 radical (unpaired) electrons. The minimum atomic E-state index is -0.316. The third kappa shape index (κ3) is 6.26. The summed E-state index contributed by atoms with van der Waals surface area (Å²) in [7, 11) is 0. The van der Waals surface area contributed by atoms with Gasteiger partial charge in [-0.1, -0.05) is 42.5 Å². The predicted octanol–water partition coefficient (Wildman–Crippen LogP) is 4.80. The van der Waals surface area contributed by atoms with Crippen molar-refractivity contribution < 1.29 is 19.1 Å². The first-order valence-electron chi connectivity index (χ1n) is 9.07. The van der Waals surface area contributed by atoms with E-state index in [4.69, 9.17) is 9.47 Å². The molecule has 0 amide bonds. The van der Waals surface area contributed by atoms with Gasteiger partial charge in [0.1, 0.15) is 17.6 Å². The summed E-state index contributed by atoms with van der Waals surface area (Å²) in [4.78, 5) is 23.2. The quantitative estimate of drug-likeness (QED) is 0.500. The Bertz CT molecular complexity index is 836. The molecule has 138 valence electrons. The topological polar surface area (TPSA) is 52.6 Å². The minimum absolute atomic E-state index is 0.0575. The third-order valence-electron chi connectivity index (χ3n) is 4.18. The number of allylic oxidation sites excluding steroid dienone is 1. The molecular formula is C23H22O4. The van der Waals surface area contributed by atoms with Crippen molar-refractivity contribution in [3.63, 3.8) is 0 Å². The number of esters is 1. The Labute approximate surface area is 159 Å². The van der Waals surface area contributed by atoms with Gasteiger partial charge in [0.05, 0.1) is 0 Å². The minimum Gasteiger partial charge on any atom is -0.459 e. The molecule has 0 bridgehead atoms. The number of ketones is 1. The number of hydrogen-bond donors (Lipinski definition) is 0. The van der Waals surface area contributed by atoms with Crippen molar-refractivity contribution in [3.8, 4) is 11.5 Å². The van der Waals surface area contributed by atoms with Crippen LogP contribution >= 0.6 is 0 Å². The second-order valence-electron chi connectivity index (χ2n) is 6.36. The van der Waals surface area contributed by atoms with Gasteiger partial charge in [-0.25, -0.2) is 4.79 Å². The van der Waals surface area contributed by atoms with E-state index in [9.17, 15) is 9.59 Å². The zero-order valence-corrected chi connectivity index (χ0v) is 15.0. The largest absolute Gasteiger partial charge is 0.459 e. The fraction of sp³-hybridized carbons (Fsp3) is 0.217. The number of ether oxygens (including phenoxy) is 2. The molecule has 27 heavy (non-hydrogen) atoms. The Morgan fingerprint density at radius 1 is 1.11 bits per heavy atom. The highest BCUT2D eigenvalue weighted by Crippen LogP contribution is 2.22. The highest BCUT2D eigenvalue weighted by molar-refractivity contribution is 5.89. The van der Waals surface area contributed by atoms with Crippen LogP contribution in [0.2, 0.25) is 0 Å².